The molecule has 0 bridgehead atoms. The second kappa shape index (κ2) is 7.78. The fourth-order valence-corrected chi connectivity index (χ4v) is 3.67. The molecule has 4 heterocycles. The van der Waals surface area contributed by atoms with E-state index in [-0.39, 0.29) is 33.2 Å². The van der Waals surface area contributed by atoms with Crippen molar-refractivity contribution in [3.63, 3.8) is 0 Å². The molecule has 0 unspecified atom stereocenters. The van der Waals surface area contributed by atoms with Crippen molar-refractivity contribution >= 4 is 45.3 Å². The second-order valence-electron chi connectivity index (χ2n) is 7.50. The molecule has 0 aliphatic heterocycles. The van der Waals surface area contributed by atoms with Gasteiger partial charge in [0.25, 0.3) is 5.89 Å². The third-order valence-electron chi connectivity index (χ3n) is 5.22. The highest BCUT2D eigenvalue weighted by molar-refractivity contribution is 6.42. The van der Waals surface area contributed by atoms with Crippen LogP contribution in [0.3, 0.4) is 0 Å². The van der Waals surface area contributed by atoms with Crippen molar-refractivity contribution in [2.75, 3.05) is 0 Å². The van der Waals surface area contributed by atoms with Crippen LogP contribution in [-0.4, -0.2) is 24.7 Å². The molecule has 0 radical (unpaired) electrons. The van der Waals surface area contributed by atoms with Crippen LogP contribution in [0.1, 0.15) is 17.0 Å². The number of hydrogen-bond donors (Lipinski definition) is 0. The van der Waals surface area contributed by atoms with Crippen LogP contribution in [0.5, 0.6) is 0 Å². The molecule has 0 fully saturated rings. The molecule has 5 aromatic rings. The van der Waals surface area contributed by atoms with Crippen molar-refractivity contribution in [1.29, 1.82) is 0 Å². The van der Waals surface area contributed by atoms with E-state index < -0.39 is 17.3 Å². The predicted molar refractivity (Wildman–Crippen MR) is 120 cm³/mol. The number of aryl methyl sites for hydroxylation is 2. The minimum atomic E-state index is -4.66. The van der Waals surface area contributed by atoms with Crippen molar-refractivity contribution in [3.8, 4) is 17.3 Å². The lowest BCUT2D eigenvalue weighted by molar-refractivity contribution is -0.141. The summed E-state index contributed by atoms with van der Waals surface area (Å²) in [6.07, 6.45) is -3.76. The number of aromatic nitrogens is 5. The molecule has 0 aliphatic rings. The number of nitrogens with zero attached hydrogens (tertiary/aromatic N) is 5. The van der Waals surface area contributed by atoms with Crippen LogP contribution in [0.2, 0.25) is 10.0 Å². The number of fused-ring (bicyclic) bond motifs is 2. The summed E-state index contributed by atoms with van der Waals surface area (Å²) in [5, 5.41) is 5.00. The van der Waals surface area contributed by atoms with Crippen LogP contribution in [0.4, 0.5) is 13.2 Å². The quantitative estimate of drug-likeness (QED) is 0.295. The van der Waals surface area contributed by atoms with Gasteiger partial charge in [-0.3, -0.25) is 4.79 Å². The first-order chi connectivity index (χ1) is 16.0. The summed E-state index contributed by atoms with van der Waals surface area (Å²) < 4.78 is 46.1. The first-order valence-electron chi connectivity index (χ1n) is 9.74. The SMILES string of the molecule is Cc1cc2c(nc1C)c(=O)c(-c1nc3cc(C(F)(F)F)ncc3o1)nn2-c1ccc(Cl)c(Cl)c1. The normalized spacial score (nSPS) is 12.1. The number of pyridine rings is 2. The Hall–Kier alpha value is -3.50. The molecule has 0 N–H and O–H groups in total. The zero-order valence-electron chi connectivity index (χ0n) is 17.4. The third kappa shape index (κ3) is 3.68. The Kier molecular flexibility index (Phi) is 5.10. The van der Waals surface area contributed by atoms with E-state index >= 15 is 0 Å². The van der Waals surface area contributed by atoms with E-state index in [4.69, 9.17) is 27.6 Å². The maximum atomic E-state index is 13.3. The average molecular weight is 506 g/mol. The van der Waals surface area contributed by atoms with E-state index in [1.54, 1.807) is 31.2 Å². The first-order valence-corrected chi connectivity index (χ1v) is 10.5. The molecule has 4 aromatic heterocycles. The van der Waals surface area contributed by atoms with Crippen LogP contribution < -0.4 is 5.43 Å². The molecule has 0 spiro atoms. The molecule has 1 aromatic carbocycles. The van der Waals surface area contributed by atoms with E-state index in [1.807, 2.05) is 6.92 Å². The molecular weight excluding hydrogens is 494 g/mol. The van der Waals surface area contributed by atoms with Crippen molar-refractivity contribution < 1.29 is 17.6 Å². The monoisotopic (exact) mass is 505 g/mol. The van der Waals surface area contributed by atoms with Crippen LogP contribution in [0.25, 0.3) is 39.4 Å². The van der Waals surface area contributed by atoms with Crippen LogP contribution in [0.15, 0.2) is 45.7 Å². The summed E-state index contributed by atoms with van der Waals surface area (Å²) >= 11 is 12.2. The summed E-state index contributed by atoms with van der Waals surface area (Å²) in [6.45, 7) is 3.59. The first kappa shape index (κ1) is 22.3. The lowest BCUT2D eigenvalue weighted by atomic mass is 10.2. The lowest BCUT2D eigenvalue weighted by Crippen LogP contribution is -2.17. The Morgan fingerprint density at radius 2 is 1.79 bits per heavy atom. The zero-order chi connectivity index (χ0) is 24.4. The average Bonchev–Trinajstić information content (AvgIpc) is 3.20. The minimum absolute atomic E-state index is 0.0292. The Balaban J connectivity index is 1.81. The molecule has 5 rings (SSSR count). The maximum absolute atomic E-state index is 13.3. The van der Waals surface area contributed by atoms with Gasteiger partial charge >= 0.3 is 6.18 Å². The molecule has 0 saturated carbocycles. The molecule has 7 nitrogen and oxygen atoms in total. The van der Waals surface area contributed by atoms with Crippen LogP contribution in [-0.2, 0) is 6.18 Å². The summed E-state index contributed by atoms with van der Waals surface area (Å²) in [4.78, 5) is 25.2. The number of benzene rings is 1. The van der Waals surface area contributed by atoms with E-state index in [0.717, 1.165) is 17.8 Å². The summed E-state index contributed by atoms with van der Waals surface area (Å²) in [5.74, 6) is -0.267. The maximum Gasteiger partial charge on any atom is 0.433 e. The Morgan fingerprint density at radius 3 is 2.50 bits per heavy atom. The van der Waals surface area contributed by atoms with Gasteiger partial charge in [-0.15, -0.1) is 0 Å². The number of hydrogen-bond acceptors (Lipinski definition) is 6. The minimum Gasteiger partial charge on any atom is -0.433 e. The van der Waals surface area contributed by atoms with E-state index in [0.29, 0.717) is 21.9 Å². The van der Waals surface area contributed by atoms with E-state index in [2.05, 4.69) is 20.1 Å². The second-order valence-corrected chi connectivity index (χ2v) is 8.31. The van der Waals surface area contributed by atoms with Gasteiger partial charge in [0.15, 0.2) is 11.3 Å². The number of alkyl halides is 3. The van der Waals surface area contributed by atoms with Gasteiger partial charge in [0.2, 0.25) is 5.43 Å². The van der Waals surface area contributed by atoms with Crippen LogP contribution >= 0.6 is 23.2 Å². The summed E-state index contributed by atoms with van der Waals surface area (Å²) in [5.41, 5.74) is 0.287. The predicted octanol–water partition coefficient (Wildman–Crippen LogP) is 5.93. The topological polar surface area (TPSA) is 86.7 Å². The van der Waals surface area contributed by atoms with Crippen molar-refractivity contribution in [3.05, 3.63) is 73.7 Å². The molecule has 0 saturated heterocycles. The molecule has 0 atom stereocenters. The molecule has 34 heavy (non-hydrogen) atoms. The zero-order valence-corrected chi connectivity index (χ0v) is 18.9. The van der Waals surface area contributed by atoms with Gasteiger partial charge in [-0.1, -0.05) is 23.2 Å². The fraction of sp³-hybridized carbons (Fsp3) is 0.136. The number of rotatable bonds is 2. The molecule has 12 heteroatoms. The Labute approximate surface area is 198 Å². The highest BCUT2D eigenvalue weighted by Crippen LogP contribution is 2.31. The smallest absolute Gasteiger partial charge is 0.433 e. The highest BCUT2D eigenvalue weighted by Gasteiger charge is 2.33. The van der Waals surface area contributed by atoms with Crippen molar-refractivity contribution in [2.24, 2.45) is 0 Å². The molecule has 172 valence electrons. The van der Waals surface area contributed by atoms with Gasteiger partial charge in [0, 0.05) is 5.69 Å². The summed E-state index contributed by atoms with van der Waals surface area (Å²) in [7, 11) is 0. The van der Waals surface area contributed by atoms with Gasteiger partial charge in [-0.2, -0.15) is 18.3 Å². The van der Waals surface area contributed by atoms with Gasteiger partial charge in [0.1, 0.15) is 16.7 Å². The van der Waals surface area contributed by atoms with Crippen molar-refractivity contribution in [1.82, 2.24) is 24.7 Å². The van der Waals surface area contributed by atoms with Crippen LogP contribution in [0, 0.1) is 13.8 Å². The van der Waals surface area contributed by atoms with Gasteiger partial charge in [0.05, 0.1) is 27.4 Å². The van der Waals surface area contributed by atoms with E-state index in [9.17, 15) is 18.0 Å². The standard InChI is InChI=1S/C22H12Cl2F3N5O2/c1-9-5-15-18(29-10(9)2)20(33)19(31-32(15)11-3-4-12(23)13(24)6-11)21-30-14-7-17(22(25,26)27)28-8-16(14)34-21/h3-8H,1-2H3. The van der Waals surface area contributed by atoms with Gasteiger partial charge in [-0.05, 0) is 49.7 Å². The molecule has 0 amide bonds. The Morgan fingerprint density at radius 1 is 1.03 bits per heavy atom. The van der Waals surface area contributed by atoms with E-state index in [1.165, 1.54) is 4.68 Å². The molecule has 0 aliphatic carbocycles. The van der Waals surface area contributed by atoms with Crippen molar-refractivity contribution in [2.45, 2.75) is 20.0 Å². The lowest BCUT2D eigenvalue weighted by Gasteiger charge is -2.13. The number of oxazole rings is 1. The number of halogens is 5. The van der Waals surface area contributed by atoms with Gasteiger partial charge < -0.3 is 4.42 Å². The highest BCUT2D eigenvalue weighted by atomic mass is 35.5. The third-order valence-corrected chi connectivity index (χ3v) is 5.96. The largest absolute Gasteiger partial charge is 0.433 e. The fourth-order valence-electron chi connectivity index (χ4n) is 3.38. The molecular formula is C22H12Cl2F3N5O2. The summed E-state index contributed by atoms with van der Waals surface area (Å²) in [6, 6.07) is 7.28. The Bertz CT molecular complexity index is 1680. The van der Waals surface area contributed by atoms with Gasteiger partial charge in [-0.25, -0.2) is 19.6 Å².